The van der Waals surface area contributed by atoms with Crippen molar-refractivity contribution in [1.29, 1.82) is 0 Å². The van der Waals surface area contributed by atoms with Crippen LogP contribution in [0.5, 0.6) is 0 Å². The van der Waals surface area contributed by atoms with Crippen LogP contribution in [-0.4, -0.2) is 61.0 Å². The largest absolute Gasteiger partial charge is 0.388 e. The number of nitrogens with one attached hydrogen (secondary N) is 1. The van der Waals surface area contributed by atoms with E-state index in [1.807, 2.05) is 6.92 Å². The Kier molecular flexibility index (Phi) is 4.79. The summed E-state index contributed by atoms with van der Waals surface area (Å²) in [6.45, 7) is 6.87. The normalized spacial score (nSPS) is 27.2. The number of hydrogen-bond acceptors (Lipinski definition) is 4. The first kappa shape index (κ1) is 13.3. The summed E-state index contributed by atoms with van der Waals surface area (Å²) in [6, 6.07) is 0.631. The van der Waals surface area contributed by atoms with Gasteiger partial charge in [-0.25, -0.2) is 0 Å². The highest BCUT2D eigenvalue weighted by atomic mass is 16.5. The van der Waals surface area contributed by atoms with Gasteiger partial charge in [-0.15, -0.1) is 0 Å². The van der Waals surface area contributed by atoms with E-state index in [0.29, 0.717) is 12.6 Å². The fourth-order valence-electron chi connectivity index (χ4n) is 2.79. The molecule has 1 aliphatic heterocycles. The highest BCUT2D eigenvalue weighted by Crippen LogP contribution is 2.18. The Hall–Kier alpha value is -0.160. The van der Waals surface area contributed by atoms with Gasteiger partial charge in [0.05, 0.1) is 18.8 Å². The molecule has 0 aromatic heterocycles. The molecule has 0 aromatic carbocycles. The van der Waals surface area contributed by atoms with Gasteiger partial charge in [-0.1, -0.05) is 12.8 Å². The predicted molar refractivity (Wildman–Crippen MR) is 68.1 cm³/mol. The van der Waals surface area contributed by atoms with Crippen LogP contribution >= 0.6 is 0 Å². The smallest absolute Gasteiger partial charge is 0.0869 e. The van der Waals surface area contributed by atoms with E-state index >= 15 is 0 Å². The quantitative estimate of drug-likeness (QED) is 0.741. The highest BCUT2D eigenvalue weighted by Gasteiger charge is 2.26. The van der Waals surface area contributed by atoms with Crippen molar-refractivity contribution in [1.82, 2.24) is 10.2 Å². The second kappa shape index (κ2) is 6.14. The number of ether oxygens (including phenoxy) is 1. The lowest BCUT2D eigenvalue weighted by atomic mass is 10.1. The number of rotatable bonds is 5. The second-order valence-corrected chi connectivity index (χ2v) is 5.75. The molecule has 1 atom stereocenters. The topological polar surface area (TPSA) is 44.7 Å². The van der Waals surface area contributed by atoms with E-state index in [1.54, 1.807) is 0 Å². The molecule has 1 saturated carbocycles. The molecule has 0 amide bonds. The molecule has 17 heavy (non-hydrogen) atoms. The van der Waals surface area contributed by atoms with Crippen LogP contribution in [-0.2, 0) is 4.74 Å². The molecular weight excluding hydrogens is 216 g/mol. The summed E-state index contributed by atoms with van der Waals surface area (Å²) in [4.78, 5) is 2.29. The van der Waals surface area contributed by atoms with Crippen LogP contribution in [0.1, 0.15) is 32.6 Å². The van der Waals surface area contributed by atoms with Crippen molar-refractivity contribution in [3.8, 4) is 0 Å². The van der Waals surface area contributed by atoms with Gasteiger partial charge in [0.2, 0.25) is 0 Å². The van der Waals surface area contributed by atoms with Crippen LogP contribution in [0.3, 0.4) is 0 Å². The van der Waals surface area contributed by atoms with Crippen molar-refractivity contribution in [2.75, 3.05) is 39.4 Å². The lowest BCUT2D eigenvalue weighted by Crippen LogP contribution is -2.51. The maximum Gasteiger partial charge on any atom is 0.0869 e. The van der Waals surface area contributed by atoms with Crippen LogP contribution in [0, 0.1) is 0 Å². The highest BCUT2D eigenvalue weighted by molar-refractivity contribution is 4.84. The zero-order valence-electron chi connectivity index (χ0n) is 11.0. The Morgan fingerprint density at radius 1 is 1.29 bits per heavy atom. The van der Waals surface area contributed by atoms with Crippen LogP contribution in [0.15, 0.2) is 0 Å². The molecule has 0 radical (unpaired) electrons. The molecule has 0 spiro atoms. The maximum absolute atomic E-state index is 10.4. The van der Waals surface area contributed by atoms with Crippen molar-refractivity contribution >= 4 is 0 Å². The van der Waals surface area contributed by atoms with Gasteiger partial charge in [-0.3, -0.25) is 4.90 Å². The first-order chi connectivity index (χ1) is 8.16. The lowest BCUT2D eigenvalue weighted by molar-refractivity contribution is -0.0227. The third kappa shape index (κ3) is 4.54. The summed E-state index contributed by atoms with van der Waals surface area (Å²) in [5.74, 6) is 0. The van der Waals surface area contributed by atoms with Gasteiger partial charge in [-0.2, -0.15) is 0 Å². The Morgan fingerprint density at radius 2 is 1.94 bits per heavy atom. The number of morpholine rings is 1. The van der Waals surface area contributed by atoms with Gasteiger partial charge in [0.1, 0.15) is 0 Å². The average Bonchev–Trinajstić information content (AvgIpc) is 2.80. The minimum atomic E-state index is -0.625. The van der Waals surface area contributed by atoms with Crippen LogP contribution < -0.4 is 5.32 Å². The fourth-order valence-corrected chi connectivity index (χ4v) is 2.79. The maximum atomic E-state index is 10.4. The van der Waals surface area contributed by atoms with E-state index in [9.17, 15) is 5.11 Å². The Morgan fingerprint density at radius 3 is 2.59 bits per heavy atom. The summed E-state index contributed by atoms with van der Waals surface area (Å²) >= 11 is 0. The molecule has 1 saturated heterocycles. The Balaban J connectivity index is 1.68. The zero-order valence-corrected chi connectivity index (χ0v) is 11.0. The van der Waals surface area contributed by atoms with Crippen LogP contribution in [0.25, 0.3) is 0 Å². The van der Waals surface area contributed by atoms with Gasteiger partial charge in [0, 0.05) is 32.2 Å². The van der Waals surface area contributed by atoms with E-state index in [-0.39, 0.29) is 0 Å². The van der Waals surface area contributed by atoms with Crippen LogP contribution in [0.4, 0.5) is 0 Å². The molecule has 1 unspecified atom stereocenters. The molecule has 2 fully saturated rings. The standard InChI is InChI=1S/C13H26N2O2/c1-13(16,10-14-12-4-2-3-5-12)11-15-6-8-17-9-7-15/h12,14,16H,2-11H2,1H3. The van der Waals surface area contributed by atoms with Gasteiger partial charge in [-0.05, 0) is 19.8 Å². The Bertz CT molecular complexity index is 221. The molecule has 100 valence electrons. The monoisotopic (exact) mass is 242 g/mol. The van der Waals surface area contributed by atoms with E-state index < -0.39 is 5.60 Å². The molecule has 2 N–H and O–H groups in total. The van der Waals surface area contributed by atoms with Crippen molar-refractivity contribution in [3.63, 3.8) is 0 Å². The molecule has 0 bridgehead atoms. The van der Waals surface area contributed by atoms with Gasteiger partial charge in [0.15, 0.2) is 0 Å². The molecule has 0 aromatic rings. The molecule has 4 heteroatoms. The number of β-amino-alcohol motifs (C(OH)–C–C–N with tert-alkyl or cyclic N) is 1. The molecule has 2 rings (SSSR count). The Labute approximate surface area is 104 Å². The molecule has 1 aliphatic carbocycles. The van der Waals surface area contributed by atoms with Crippen molar-refractivity contribution in [2.24, 2.45) is 0 Å². The molecular formula is C13H26N2O2. The summed E-state index contributed by atoms with van der Waals surface area (Å²) in [6.07, 6.45) is 5.22. The number of aliphatic hydroxyl groups is 1. The first-order valence-corrected chi connectivity index (χ1v) is 6.92. The minimum absolute atomic E-state index is 0.625. The fraction of sp³-hybridized carbons (Fsp3) is 1.00. The third-order valence-corrected chi connectivity index (χ3v) is 3.79. The van der Waals surface area contributed by atoms with Gasteiger partial charge >= 0.3 is 0 Å². The summed E-state index contributed by atoms with van der Waals surface area (Å²) in [5, 5.41) is 13.9. The van der Waals surface area contributed by atoms with E-state index in [4.69, 9.17) is 4.74 Å². The molecule has 1 heterocycles. The number of hydrogen-bond donors (Lipinski definition) is 2. The van der Waals surface area contributed by atoms with Gasteiger partial charge < -0.3 is 15.2 Å². The summed E-state index contributed by atoms with van der Waals surface area (Å²) in [7, 11) is 0. The van der Waals surface area contributed by atoms with Crippen molar-refractivity contribution < 1.29 is 9.84 Å². The molecule has 4 nitrogen and oxygen atoms in total. The lowest BCUT2D eigenvalue weighted by Gasteiger charge is -2.34. The minimum Gasteiger partial charge on any atom is -0.388 e. The average molecular weight is 242 g/mol. The van der Waals surface area contributed by atoms with Gasteiger partial charge in [0.25, 0.3) is 0 Å². The zero-order chi connectivity index (χ0) is 12.1. The second-order valence-electron chi connectivity index (χ2n) is 5.75. The van der Waals surface area contributed by atoms with E-state index in [2.05, 4.69) is 10.2 Å². The predicted octanol–water partition coefficient (Wildman–Crippen LogP) is 0.602. The van der Waals surface area contributed by atoms with E-state index in [0.717, 1.165) is 32.8 Å². The van der Waals surface area contributed by atoms with Crippen LogP contribution in [0.2, 0.25) is 0 Å². The summed E-state index contributed by atoms with van der Waals surface area (Å²) in [5.41, 5.74) is -0.625. The SMILES string of the molecule is CC(O)(CNC1CCCC1)CN1CCOCC1. The third-order valence-electron chi connectivity index (χ3n) is 3.79. The first-order valence-electron chi connectivity index (χ1n) is 6.92. The van der Waals surface area contributed by atoms with Crippen molar-refractivity contribution in [2.45, 2.75) is 44.2 Å². The van der Waals surface area contributed by atoms with Crippen molar-refractivity contribution in [3.05, 3.63) is 0 Å². The summed E-state index contributed by atoms with van der Waals surface area (Å²) < 4.78 is 5.32. The molecule has 2 aliphatic rings. The number of nitrogens with zero attached hydrogens (tertiary/aromatic N) is 1. The van der Waals surface area contributed by atoms with E-state index in [1.165, 1.54) is 25.7 Å².